The van der Waals surface area contributed by atoms with E-state index in [9.17, 15) is 0 Å². The lowest BCUT2D eigenvalue weighted by molar-refractivity contribution is 0.301. The van der Waals surface area contributed by atoms with Crippen LogP contribution in [0.2, 0.25) is 0 Å². The highest BCUT2D eigenvalue weighted by atomic mass is 16.5. The van der Waals surface area contributed by atoms with E-state index < -0.39 is 0 Å². The van der Waals surface area contributed by atoms with Gasteiger partial charge in [0, 0.05) is 0 Å². The van der Waals surface area contributed by atoms with Gasteiger partial charge in [0.05, 0.1) is 6.61 Å². The topological polar surface area (TPSA) is 9.23 Å². The van der Waals surface area contributed by atoms with Crippen molar-refractivity contribution in [3.8, 4) is 5.75 Å². The van der Waals surface area contributed by atoms with E-state index in [1.807, 2.05) is 0 Å². The van der Waals surface area contributed by atoms with E-state index in [-0.39, 0.29) is 0 Å². The summed E-state index contributed by atoms with van der Waals surface area (Å²) in [5, 5.41) is 0. The lowest BCUT2D eigenvalue weighted by Crippen LogP contribution is -2.01. The minimum Gasteiger partial charge on any atom is -0.493 e. The van der Waals surface area contributed by atoms with Gasteiger partial charge in [0.2, 0.25) is 0 Å². The number of hydrogen-bond acceptors (Lipinski definition) is 1. The molecule has 0 unspecified atom stereocenters. The van der Waals surface area contributed by atoms with Crippen LogP contribution < -0.4 is 4.74 Å². The van der Waals surface area contributed by atoms with Crippen molar-refractivity contribution in [2.75, 3.05) is 6.61 Å². The van der Waals surface area contributed by atoms with Gasteiger partial charge < -0.3 is 4.74 Å². The number of benzene rings is 1. The van der Waals surface area contributed by atoms with Gasteiger partial charge in [-0.3, -0.25) is 0 Å². The zero-order chi connectivity index (χ0) is 12.0. The molecule has 1 rings (SSSR count). The van der Waals surface area contributed by atoms with Gasteiger partial charge in [-0.15, -0.1) is 0 Å². The van der Waals surface area contributed by atoms with Crippen molar-refractivity contribution in [1.29, 1.82) is 0 Å². The summed E-state index contributed by atoms with van der Waals surface area (Å²) in [4.78, 5) is 0. The van der Waals surface area contributed by atoms with Crippen LogP contribution in [0.25, 0.3) is 0 Å². The molecule has 0 aliphatic rings. The first-order chi connectivity index (χ1) is 7.65. The van der Waals surface area contributed by atoms with E-state index in [1.54, 1.807) is 0 Å². The van der Waals surface area contributed by atoms with Gasteiger partial charge in [-0.1, -0.05) is 43.9 Å². The van der Waals surface area contributed by atoms with Crippen LogP contribution in [0.1, 0.15) is 49.3 Å². The molecule has 0 fully saturated rings. The van der Waals surface area contributed by atoms with Crippen molar-refractivity contribution in [1.82, 2.24) is 0 Å². The zero-order valence-electron chi connectivity index (χ0n) is 11.1. The normalized spacial score (nSPS) is 10.5. The molecule has 0 saturated carbocycles. The molecule has 0 N–H and O–H groups in total. The standard InChI is InChI=1S/C15H24O/c1-5-6-7-8-9-16-15-13(3)10-12(2)11-14(15)4/h10-11H,5-9H2,1-4H3. The minimum atomic E-state index is 0.852. The Morgan fingerprint density at radius 2 is 1.56 bits per heavy atom. The summed E-state index contributed by atoms with van der Waals surface area (Å²) in [7, 11) is 0. The third-order valence-corrected chi connectivity index (χ3v) is 2.85. The first-order valence-corrected chi connectivity index (χ1v) is 6.35. The molecule has 16 heavy (non-hydrogen) atoms. The fraction of sp³-hybridized carbons (Fsp3) is 0.600. The van der Waals surface area contributed by atoms with Gasteiger partial charge in [0.25, 0.3) is 0 Å². The van der Waals surface area contributed by atoms with Gasteiger partial charge in [-0.25, -0.2) is 0 Å². The molecule has 1 heteroatoms. The van der Waals surface area contributed by atoms with Crippen LogP contribution in [0, 0.1) is 20.8 Å². The number of rotatable bonds is 6. The maximum Gasteiger partial charge on any atom is 0.125 e. The third kappa shape index (κ3) is 3.88. The van der Waals surface area contributed by atoms with Crippen molar-refractivity contribution in [2.45, 2.75) is 53.4 Å². The largest absolute Gasteiger partial charge is 0.493 e. The van der Waals surface area contributed by atoms with E-state index >= 15 is 0 Å². The van der Waals surface area contributed by atoms with E-state index in [4.69, 9.17) is 4.74 Å². The Labute approximate surface area is 99.8 Å². The lowest BCUT2D eigenvalue weighted by Gasteiger charge is -2.12. The predicted molar refractivity (Wildman–Crippen MR) is 70.3 cm³/mol. The maximum atomic E-state index is 5.87. The fourth-order valence-electron chi connectivity index (χ4n) is 2.10. The molecule has 90 valence electrons. The molecule has 1 aromatic carbocycles. The number of hydrogen-bond donors (Lipinski definition) is 0. The molecule has 1 nitrogen and oxygen atoms in total. The Hall–Kier alpha value is -0.980. The van der Waals surface area contributed by atoms with Gasteiger partial charge in [0.1, 0.15) is 5.75 Å². The van der Waals surface area contributed by atoms with Gasteiger partial charge in [0.15, 0.2) is 0 Å². The van der Waals surface area contributed by atoms with Crippen LogP contribution in [0.3, 0.4) is 0 Å². The van der Waals surface area contributed by atoms with Crippen LogP contribution >= 0.6 is 0 Å². The molecule has 0 aliphatic heterocycles. The monoisotopic (exact) mass is 220 g/mol. The summed E-state index contributed by atoms with van der Waals surface area (Å²) in [6, 6.07) is 4.38. The van der Waals surface area contributed by atoms with Gasteiger partial charge in [-0.05, 0) is 38.3 Å². The zero-order valence-corrected chi connectivity index (χ0v) is 11.1. The Kier molecular flexibility index (Phi) is 5.37. The van der Waals surface area contributed by atoms with Crippen LogP contribution in [0.5, 0.6) is 5.75 Å². The Morgan fingerprint density at radius 3 is 2.12 bits per heavy atom. The number of ether oxygens (including phenoxy) is 1. The van der Waals surface area contributed by atoms with Crippen molar-refractivity contribution in [2.24, 2.45) is 0 Å². The Morgan fingerprint density at radius 1 is 0.938 bits per heavy atom. The quantitative estimate of drug-likeness (QED) is 0.638. The summed E-state index contributed by atoms with van der Waals surface area (Å²) in [6.07, 6.45) is 5.04. The van der Waals surface area contributed by atoms with Crippen molar-refractivity contribution in [3.63, 3.8) is 0 Å². The van der Waals surface area contributed by atoms with Crippen LogP contribution in [-0.2, 0) is 0 Å². The van der Waals surface area contributed by atoms with Crippen molar-refractivity contribution in [3.05, 3.63) is 28.8 Å². The Balaban J connectivity index is 2.47. The summed E-state index contributed by atoms with van der Waals surface area (Å²) in [6.45, 7) is 9.47. The van der Waals surface area contributed by atoms with Crippen molar-refractivity contribution < 1.29 is 4.74 Å². The molecule has 0 saturated heterocycles. The van der Waals surface area contributed by atoms with E-state index in [0.717, 1.165) is 12.4 Å². The molecule has 1 aromatic rings. The number of unbranched alkanes of at least 4 members (excludes halogenated alkanes) is 3. The fourth-order valence-corrected chi connectivity index (χ4v) is 2.10. The minimum absolute atomic E-state index is 0.852. The molecule has 0 aromatic heterocycles. The molecule has 0 spiro atoms. The second-order valence-electron chi connectivity index (χ2n) is 4.64. The molecule has 0 atom stereocenters. The summed E-state index contributed by atoms with van der Waals surface area (Å²) < 4.78 is 5.87. The smallest absolute Gasteiger partial charge is 0.125 e. The van der Waals surface area contributed by atoms with Crippen molar-refractivity contribution >= 4 is 0 Å². The van der Waals surface area contributed by atoms with Crippen LogP contribution in [-0.4, -0.2) is 6.61 Å². The first kappa shape index (κ1) is 13.1. The molecule has 0 bridgehead atoms. The molecule has 0 aliphatic carbocycles. The highest BCUT2D eigenvalue weighted by molar-refractivity contribution is 5.42. The first-order valence-electron chi connectivity index (χ1n) is 6.35. The van der Waals surface area contributed by atoms with Gasteiger partial charge >= 0.3 is 0 Å². The summed E-state index contributed by atoms with van der Waals surface area (Å²) >= 11 is 0. The predicted octanol–water partition coefficient (Wildman–Crippen LogP) is 4.57. The van der Waals surface area contributed by atoms with E-state index in [1.165, 1.54) is 42.4 Å². The van der Waals surface area contributed by atoms with Crippen LogP contribution in [0.15, 0.2) is 12.1 Å². The molecule has 0 amide bonds. The summed E-state index contributed by atoms with van der Waals surface area (Å²) in [5.41, 5.74) is 3.83. The molecule has 0 radical (unpaired) electrons. The molecular formula is C15H24O. The SMILES string of the molecule is CCCCCCOc1c(C)cc(C)cc1C. The Bertz CT molecular complexity index is 305. The average Bonchev–Trinajstić information content (AvgIpc) is 2.20. The molecular weight excluding hydrogens is 196 g/mol. The number of aryl methyl sites for hydroxylation is 3. The van der Waals surface area contributed by atoms with Crippen LogP contribution in [0.4, 0.5) is 0 Å². The second kappa shape index (κ2) is 6.57. The lowest BCUT2D eigenvalue weighted by atomic mass is 10.1. The van der Waals surface area contributed by atoms with Gasteiger partial charge in [-0.2, -0.15) is 0 Å². The highest BCUT2D eigenvalue weighted by Gasteiger charge is 2.04. The third-order valence-electron chi connectivity index (χ3n) is 2.85. The average molecular weight is 220 g/mol. The second-order valence-corrected chi connectivity index (χ2v) is 4.64. The van der Waals surface area contributed by atoms with E-state index in [2.05, 4.69) is 39.8 Å². The highest BCUT2D eigenvalue weighted by Crippen LogP contribution is 2.24. The van der Waals surface area contributed by atoms with E-state index in [0.29, 0.717) is 0 Å². The molecule has 0 heterocycles. The maximum absolute atomic E-state index is 5.87. The summed E-state index contributed by atoms with van der Waals surface area (Å²) in [5.74, 6) is 1.09.